The number of fused-ring (bicyclic) bond motifs is 1. The smallest absolute Gasteiger partial charge is 0.254 e. The average molecular weight is 301 g/mol. The van der Waals surface area contributed by atoms with Crippen molar-refractivity contribution < 1.29 is 4.79 Å². The number of benzene rings is 1. The second-order valence-electron chi connectivity index (χ2n) is 5.47. The topological polar surface area (TPSA) is 42.0 Å². The van der Waals surface area contributed by atoms with E-state index in [4.69, 9.17) is 11.6 Å². The highest BCUT2D eigenvalue weighted by Gasteiger charge is 2.21. The fraction of sp³-hybridized carbons (Fsp3) is 0.294. The van der Waals surface area contributed by atoms with Crippen molar-refractivity contribution in [2.24, 2.45) is 0 Å². The lowest BCUT2D eigenvalue weighted by atomic mass is 9.88. The predicted octanol–water partition coefficient (Wildman–Crippen LogP) is 3.33. The van der Waals surface area contributed by atoms with E-state index < -0.39 is 0 Å². The van der Waals surface area contributed by atoms with E-state index in [1.165, 1.54) is 11.1 Å². The molecule has 1 aliphatic rings. The zero-order valence-corrected chi connectivity index (χ0v) is 12.7. The number of halogens is 1. The fourth-order valence-electron chi connectivity index (χ4n) is 2.78. The number of rotatable bonds is 2. The van der Waals surface area contributed by atoms with Crippen molar-refractivity contribution in [1.29, 1.82) is 0 Å². The van der Waals surface area contributed by atoms with Gasteiger partial charge >= 0.3 is 0 Å². The molecular weight excluding hydrogens is 284 g/mol. The second kappa shape index (κ2) is 5.86. The molecule has 0 bridgehead atoms. The van der Waals surface area contributed by atoms with Gasteiger partial charge in [-0.15, -0.1) is 0 Å². The van der Waals surface area contributed by atoms with Gasteiger partial charge in [0.25, 0.3) is 5.91 Å². The van der Waals surface area contributed by atoms with Crippen LogP contribution < -0.4 is 5.32 Å². The van der Waals surface area contributed by atoms with Gasteiger partial charge in [-0.3, -0.25) is 4.79 Å². The normalized spacial score (nSPS) is 17.1. The first-order valence-electron chi connectivity index (χ1n) is 7.14. The summed E-state index contributed by atoms with van der Waals surface area (Å²) in [6, 6.07) is 12.1. The van der Waals surface area contributed by atoms with Crippen LogP contribution >= 0.6 is 11.6 Å². The maximum Gasteiger partial charge on any atom is 0.254 e. The molecule has 0 fully saturated rings. The van der Waals surface area contributed by atoms with Crippen LogP contribution in [0.1, 0.15) is 33.6 Å². The van der Waals surface area contributed by atoms with E-state index in [0.717, 1.165) is 25.0 Å². The largest absolute Gasteiger partial charge is 0.349 e. The van der Waals surface area contributed by atoms with E-state index in [9.17, 15) is 4.79 Å². The van der Waals surface area contributed by atoms with Crippen LogP contribution in [0.3, 0.4) is 0 Å². The van der Waals surface area contributed by atoms with E-state index in [0.29, 0.717) is 5.56 Å². The number of hydrogen-bond donors (Lipinski definition) is 1. The van der Waals surface area contributed by atoms with Crippen LogP contribution in [-0.2, 0) is 12.8 Å². The number of pyridine rings is 1. The van der Waals surface area contributed by atoms with Gasteiger partial charge in [0.15, 0.2) is 0 Å². The van der Waals surface area contributed by atoms with Gasteiger partial charge in [-0.25, -0.2) is 4.98 Å². The minimum atomic E-state index is -0.142. The SMILES string of the molecule is Cc1ccc(C(=O)N[C@H]2CCc3ccccc3C2)c(Cl)n1. The Morgan fingerprint density at radius 1 is 1.24 bits per heavy atom. The van der Waals surface area contributed by atoms with Crippen molar-refractivity contribution in [3.63, 3.8) is 0 Å². The van der Waals surface area contributed by atoms with Crippen LogP contribution in [0.15, 0.2) is 36.4 Å². The zero-order valence-electron chi connectivity index (χ0n) is 11.9. The Morgan fingerprint density at radius 3 is 2.76 bits per heavy atom. The molecule has 0 aliphatic heterocycles. The van der Waals surface area contributed by atoms with Crippen LogP contribution in [-0.4, -0.2) is 16.9 Å². The Hall–Kier alpha value is -1.87. The molecule has 1 heterocycles. The Morgan fingerprint density at radius 2 is 2.00 bits per heavy atom. The Balaban J connectivity index is 1.71. The van der Waals surface area contributed by atoms with Crippen molar-refractivity contribution in [1.82, 2.24) is 10.3 Å². The van der Waals surface area contributed by atoms with Crippen molar-refractivity contribution in [2.75, 3.05) is 0 Å². The van der Waals surface area contributed by atoms with Gasteiger partial charge in [0.05, 0.1) is 5.56 Å². The molecule has 1 amide bonds. The molecule has 0 saturated heterocycles. The number of hydrogen-bond acceptors (Lipinski definition) is 2. The number of nitrogens with one attached hydrogen (secondary N) is 1. The second-order valence-corrected chi connectivity index (χ2v) is 5.83. The van der Waals surface area contributed by atoms with Crippen molar-refractivity contribution in [3.05, 3.63) is 63.9 Å². The van der Waals surface area contributed by atoms with Gasteiger partial charge in [0.1, 0.15) is 5.15 Å². The molecule has 0 saturated carbocycles. The minimum Gasteiger partial charge on any atom is -0.349 e. The van der Waals surface area contributed by atoms with Gasteiger partial charge in [-0.2, -0.15) is 0 Å². The van der Waals surface area contributed by atoms with Crippen molar-refractivity contribution in [3.8, 4) is 0 Å². The first-order chi connectivity index (χ1) is 10.1. The summed E-state index contributed by atoms with van der Waals surface area (Å²) in [5, 5.41) is 3.34. The molecule has 3 nitrogen and oxygen atoms in total. The van der Waals surface area contributed by atoms with E-state index in [-0.39, 0.29) is 17.1 Å². The van der Waals surface area contributed by atoms with E-state index in [1.54, 1.807) is 12.1 Å². The van der Waals surface area contributed by atoms with E-state index >= 15 is 0 Å². The van der Waals surface area contributed by atoms with Crippen molar-refractivity contribution in [2.45, 2.75) is 32.2 Å². The fourth-order valence-corrected chi connectivity index (χ4v) is 3.06. The summed E-state index contributed by atoms with van der Waals surface area (Å²) in [5.74, 6) is -0.142. The summed E-state index contributed by atoms with van der Waals surface area (Å²) < 4.78 is 0. The van der Waals surface area contributed by atoms with Gasteiger partial charge < -0.3 is 5.32 Å². The van der Waals surface area contributed by atoms with Gasteiger partial charge in [-0.05, 0) is 49.4 Å². The molecule has 4 heteroatoms. The van der Waals surface area contributed by atoms with Crippen LogP contribution in [0.4, 0.5) is 0 Å². The standard InChI is InChI=1S/C17H17ClN2O/c1-11-6-9-15(16(18)19-11)17(21)20-14-8-7-12-4-2-3-5-13(12)10-14/h2-6,9,14H,7-8,10H2,1H3,(H,20,21)/t14-/m0/s1. The van der Waals surface area contributed by atoms with Crippen LogP contribution in [0.25, 0.3) is 0 Å². The molecule has 21 heavy (non-hydrogen) atoms. The number of aryl methyl sites for hydroxylation is 2. The summed E-state index contributed by atoms with van der Waals surface area (Å²) in [5.41, 5.74) is 3.96. The molecule has 1 aromatic heterocycles. The number of amides is 1. The highest BCUT2D eigenvalue weighted by molar-refractivity contribution is 6.32. The third kappa shape index (κ3) is 3.08. The molecule has 3 rings (SSSR count). The monoisotopic (exact) mass is 300 g/mol. The molecule has 1 N–H and O–H groups in total. The van der Waals surface area contributed by atoms with Gasteiger partial charge in [0.2, 0.25) is 0 Å². The Labute approximate surface area is 129 Å². The van der Waals surface area contributed by atoms with Crippen LogP contribution in [0, 0.1) is 6.92 Å². The van der Waals surface area contributed by atoms with Crippen LogP contribution in [0.5, 0.6) is 0 Å². The summed E-state index contributed by atoms with van der Waals surface area (Å²) >= 11 is 6.05. The minimum absolute atomic E-state index is 0.142. The van der Waals surface area contributed by atoms with Gasteiger partial charge in [-0.1, -0.05) is 35.9 Å². The molecule has 108 valence electrons. The maximum absolute atomic E-state index is 12.3. The van der Waals surface area contributed by atoms with Gasteiger partial charge in [0, 0.05) is 11.7 Å². The highest BCUT2D eigenvalue weighted by atomic mass is 35.5. The number of nitrogens with zero attached hydrogens (tertiary/aromatic N) is 1. The first kappa shape index (κ1) is 14.1. The molecule has 1 aromatic carbocycles. The molecule has 2 aromatic rings. The highest BCUT2D eigenvalue weighted by Crippen LogP contribution is 2.22. The average Bonchev–Trinajstić information content (AvgIpc) is 2.47. The maximum atomic E-state index is 12.3. The molecule has 0 unspecified atom stereocenters. The predicted molar refractivity (Wildman–Crippen MR) is 83.7 cm³/mol. The Kier molecular flexibility index (Phi) is 3.93. The van der Waals surface area contributed by atoms with Crippen molar-refractivity contribution >= 4 is 17.5 Å². The zero-order chi connectivity index (χ0) is 14.8. The third-order valence-electron chi connectivity index (χ3n) is 3.91. The Bertz CT molecular complexity index is 684. The summed E-state index contributed by atoms with van der Waals surface area (Å²) in [4.78, 5) is 16.4. The summed E-state index contributed by atoms with van der Waals surface area (Å²) in [6.45, 7) is 1.85. The number of carbonyl (C=O) groups excluding carboxylic acids is 1. The first-order valence-corrected chi connectivity index (χ1v) is 7.52. The lowest BCUT2D eigenvalue weighted by Gasteiger charge is -2.25. The lowest BCUT2D eigenvalue weighted by molar-refractivity contribution is 0.0933. The molecule has 1 atom stereocenters. The quantitative estimate of drug-likeness (QED) is 0.864. The van der Waals surface area contributed by atoms with E-state index in [2.05, 4.69) is 28.5 Å². The third-order valence-corrected chi connectivity index (χ3v) is 4.20. The molecule has 0 radical (unpaired) electrons. The number of aromatic nitrogens is 1. The van der Waals surface area contributed by atoms with Crippen LogP contribution in [0.2, 0.25) is 5.15 Å². The molecule has 1 aliphatic carbocycles. The summed E-state index contributed by atoms with van der Waals surface area (Å²) in [6.07, 6.45) is 2.83. The van der Waals surface area contributed by atoms with E-state index in [1.807, 2.05) is 13.0 Å². The molecule has 0 spiro atoms. The summed E-state index contributed by atoms with van der Waals surface area (Å²) in [7, 11) is 0. The lowest BCUT2D eigenvalue weighted by Crippen LogP contribution is -2.39. The number of carbonyl (C=O) groups is 1. The molecular formula is C17H17ClN2O.